The lowest BCUT2D eigenvalue weighted by molar-refractivity contribution is 0.482. The molecule has 1 aromatic heterocycles. The lowest BCUT2D eigenvalue weighted by Gasteiger charge is -2.34. The Bertz CT molecular complexity index is 1090. The van der Waals surface area contributed by atoms with E-state index in [1.54, 1.807) is 0 Å². The van der Waals surface area contributed by atoms with Gasteiger partial charge in [0.25, 0.3) is 0 Å². The van der Waals surface area contributed by atoms with Crippen LogP contribution in [0.25, 0.3) is 5.69 Å². The minimum absolute atomic E-state index is 0.598. The molecule has 0 radical (unpaired) electrons. The van der Waals surface area contributed by atoms with Crippen LogP contribution in [-0.2, 0) is 16.3 Å². The van der Waals surface area contributed by atoms with Gasteiger partial charge in [0.15, 0.2) is 5.82 Å². The molecule has 0 amide bonds. The molecule has 3 heterocycles. The van der Waals surface area contributed by atoms with E-state index < -0.39 is 6.42 Å². The van der Waals surface area contributed by atoms with Crippen molar-refractivity contribution in [3.8, 4) is 5.69 Å². The average molecular weight is 408 g/mol. The molecule has 142 valence electrons. The standard InChI is InChI=1S/C21H21N4OPS/c1-16-19-20(25(23-16)18-12-6-3-7-13-18)22-21(17-10-4-2-5-11-17)26-27(19,28)24-14-8-9-15-24/h2-7,10-13H,8-9,14-15H2,1H3/t27-/m1/s1. The van der Waals surface area contributed by atoms with E-state index >= 15 is 0 Å². The fraction of sp³-hybridized carbons (Fsp3) is 0.238. The maximum Gasteiger partial charge on any atom is 0.227 e. The Balaban J connectivity index is 1.75. The molecule has 2 aliphatic heterocycles. The second kappa shape index (κ2) is 6.96. The Morgan fingerprint density at radius 3 is 2.29 bits per heavy atom. The molecule has 5 nitrogen and oxygen atoms in total. The molecular formula is C21H21N4OPS. The van der Waals surface area contributed by atoms with Gasteiger partial charge in [0.05, 0.1) is 11.4 Å². The lowest BCUT2D eigenvalue weighted by Crippen LogP contribution is -2.30. The van der Waals surface area contributed by atoms with E-state index in [1.807, 2.05) is 72.3 Å². The van der Waals surface area contributed by atoms with E-state index in [1.165, 1.54) is 0 Å². The monoisotopic (exact) mass is 408 g/mol. The summed E-state index contributed by atoms with van der Waals surface area (Å²) in [6.45, 7) is 3.95. The van der Waals surface area contributed by atoms with Crippen LogP contribution in [0.3, 0.4) is 0 Å². The normalized spacial score (nSPS) is 21.8. The summed E-state index contributed by atoms with van der Waals surface area (Å²) < 4.78 is 10.8. The number of aromatic nitrogens is 2. The van der Waals surface area contributed by atoms with E-state index in [0.717, 1.165) is 54.0 Å². The number of rotatable bonds is 3. The van der Waals surface area contributed by atoms with Gasteiger partial charge in [-0.3, -0.25) is 0 Å². The van der Waals surface area contributed by atoms with E-state index in [4.69, 9.17) is 26.4 Å². The Morgan fingerprint density at radius 1 is 0.964 bits per heavy atom. The van der Waals surface area contributed by atoms with E-state index in [9.17, 15) is 0 Å². The van der Waals surface area contributed by atoms with Crippen LogP contribution in [0.2, 0.25) is 0 Å². The van der Waals surface area contributed by atoms with Crippen LogP contribution >= 0.6 is 6.42 Å². The molecule has 0 aliphatic carbocycles. The highest BCUT2D eigenvalue weighted by atomic mass is 32.4. The highest BCUT2D eigenvalue weighted by molar-refractivity contribution is 8.15. The van der Waals surface area contributed by atoms with Crippen LogP contribution in [0.15, 0.2) is 65.7 Å². The van der Waals surface area contributed by atoms with Crippen LogP contribution in [0.4, 0.5) is 5.82 Å². The number of benzene rings is 2. The Kier molecular flexibility index (Phi) is 4.43. The van der Waals surface area contributed by atoms with Crippen molar-refractivity contribution in [1.82, 2.24) is 14.5 Å². The summed E-state index contributed by atoms with van der Waals surface area (Å²) in [6.07, 6.45) is -0.150. The zero-order chi connectivity index (χ0) is 19.1. The molecule has 1 fully saturated rings. The first-order chi connectivity index (χ1) is 13.7. The number of fused-ring (bicyclic) bond motifs is 1. The summed E-state index contributed by atoms with van der Waals surface area (Å²) in [7, 11) is 0. The van der Waals surface area contributed by atoms with Crippen molar-refractivity contribution in [1.29, 1.82) is 0 Å². The maximum absolute atomic E-state index is 6.55. The van der Waals surface area contributed by atoms with Crippen molar-refractivity contribution in [3.05, 3.63) is 71.9 Å². The highest BCUT2D eigenvalue weighted by Crippen LogP contribution is 2.57. The quantitative estimate of drug-likeness (QED) is 0.606. The molecule has 0 N–H and O–H groups in total. The Hall–Kier alpha value is -2.27. The van der Waals surface area contributed by atoms with Crippen LogP contribution < -0.4 is 5.30 Å². The fourth-order valence-electron chi connectivity index (χ4n) is 3.83. The van der Waals surface area contributed by atoms with Crippen LogP contribution in [0.1, 0.15) is 24.1 Å². The van der Waals surface area contributed by atoms with Gasteiger partial charge in [-0.1, -0.05) is 36.4 Å². The van der Waals surface area contributed by atoms with E-state index in [2.05, 4.69) is 4.67 Å². The van der Waals surface area contributed by atoms with Gasteiger partial charge in [-0.2, -0.15) is 10.1 Å². The van der Waals surface area contributed by atoms with Gasteiger partial charge in [0.2, 0.25) is 12.3 Å². The van der Waals surface area contributed by atoms with E-state index in [-0.39, 0.29) is 0 Å². The van der Waals surface area contributed by atoms with Crippen LogP contribution in [0, 0.1) is 6.92 Å². The molecule has 0 unspecified atom stereocenters. The van der Waals surface area contributed by atoms with Crippen molar-refractivity contribution in [2.45, 2.75) is 19.8 Å². The van der Waals surface area contributed by atoms with Gasteiger partial charge in [-0.05, 0) is 55.8 Å². The molecule has 7 heteroatoms. The third kappa shape index (κ3) is 2.84. The number of hydrogen-bond acceptors (Lipinski definition) is 4. The molecular weight excluding hydrogens is 387 g/mol. The van der Waals surface area contributed by atoms with Gasteiger partial charge in [0, 0.05) is 18.7 Å². The SMILES string of the molecule is Cc1nn(-c2ccccc2)c2c1[P@@](=S)(N1CCCC1)OC(c1ccccc1)=N2. The molecule has 0 bridgehead atoms. The van der Waals surface area contributed by atoms with Gasteiger partial charge < -0.3 is 4.52 Å². The molecule has 28 heavy (non-hydrogen) atoms. The molecule has 2 aliphatic rings. The summed E-state index contributed by atoms with van der Waals surface area (Å²) in [4.78, 5) is 4.91. The van der Waals surface area contributed by atoms with Gasteiger partial charge in [-0.15, -0.1) is 0 Å². The number of aryl methyl sites for hydroxylation is 1. The fourth-order valence-corrected chi connectivity index (χ4v) is 7.70. The zero-order valence-corrected chi connectivity index (χ0v) is 17.4. The van der Waals surface area contributed by atoms with Gasteiger partial charge in [-0.25, -0.2) is 9.35 Å². The van der Waals surface area contributed by atoms with E-state index in [0.29, 0.717) is 5.90 Å². The third-order valence-corrected chi connectivity index (χ3v) is 9.30. The summed E-state index contributed by atoms with van der Waals surface area (Å²) in [5.41, 5.74) is 2.83. The first-order valence-electron chi connectivity index (χ1n) is 9.51. The minimum Gasteiger partial charge on any atom is -0.431 e. The summed E-state index contributed by atoms with van der Waals surface area (Å²) in [6, 6.07) is 20.1. The number of aliphatic imine (C=N–C) groups is 1. The molecule has 1 saturated heterocycles. The number of hydrogen-bond donors (Lipinski definition) is 0. The van der Waals surface area contributed by atoms with Gasteiger partial charge in [0.1, 0.15) is 5.30 Å². The second-order valence-electron chi connectivity index (χ2n) is 7.06. The average Bonchev–Trinajstić information content (AvgIpc) is 3.39. The molecule has 3 aromatic rings. The zero-order valence-electron chi connectivity index (χ0n) is 15.7. The highest BCUT2D eigenvalue weighted by Gasteiger charge is 2.42. The van der Waals surface area contributed by atoms with Crippen molar-refractivity contribution in [2.24, 2.45) is 4.99 Å². The Labute approximate surface area is 169 Å². The van der Waals surface area contributed by atoms with Gasteiger partial charge >= 0.3 is 0 Å². The molecule has 0 saturated carbocycles. The van der Waals surface area contributed by atoms with Crippen molar-refractivity contribution in [2.75, 3.05) is 13.1 Å². The summed E-state index contributed by atoms with van der Waals surface area (Å²) in [5.74, 6) is 1.41. The van der Waals surface area contributed by atoms with Crippen LogP contribution in [0.5, 0.6) is 0 Å². The van der Waals surface area contributed by atoms with Crippen molar-refractivity contribution >= 4 is 35.2 Å². The van der Waals surface area contributed by atoms with Crippen molar-refractivity contribution in [3.63, 3.8) is 0 Å². The molecule has 1 atom stereocenters. The maximum atomic E-state index is 6.55. The van der Waals surface area contributed by atoms with Crippen LogP contribution in [-0.4, -0.2) is 33.4 Å². The lowest BCUT2D eigenvalue weighted by atomic mass is 10.2. The first kappa shape index (κ1) is 17.8. The predicted octanol–water partition coefficient (Wildman–Crippen LogP) is 4.32. The first-order valence-corrected chi connectivity index (χ1v) is 12.2. The second-order valence-corrected chi connectivity index (χ2v) is 10.8. The Morgan fingerprint density at radius 2 is 1.61 bits per heavy atom. The predicted molar refractivity (Wildman–Crippen MR) is 117 cm³/mol. The number of nitrogens with zero attached hydrogens (tertiary/aromatic N) is 4. The summed E-state index contributed by atoms with van der Waals surface area (Å²) >= 11 is 6.28. The van der Waals surface area contributed by atoms with Crippen molar-refractivity contribution < 1.29 is 4.52 Å². The minimum atomic E-state index is -2.46. The largest absolute Gasteiger partial charge is 0.431 e. The smallest absolute Gasteiger partial charge is 0.227 e. The molecule has 5 rings (SSSR count). The summed E-state index contributed by atoms with van der Waals surface area (Å²) in [5, 5.41) is 5.81. The topological polar surface area (TPSA) is 42.7 Å². The number of para-hydroxylation sites is 1. The molecule has 0 spiro atoms. The third-order valence-electron chi connectivity index (χ3n) is 5.18. The molecule has 2 aromatic carbocycles.